The van der Waals surface area contributed by atoms with Crippen molar-refractivity contribution in [2.75, 3.05) is 33.5 Å². The monoisotopic (exact) mass is 420 g/mol. The van der Waals surface area contributed by atoms with E-state index in [9.17, 15) is 15.0 Å². The zero-order valence-electron chi connectivity index (χ0n) is 18.3. The van der Waals surface area contributed by atoms with E-state index in [2.05, 4.69) is 11.3 Å². The van der Waals surface area contributed by atoms with Crippen molar-refractivity contribution in [3.8, 4) is 0 Å². The average molecular weight is 421 g/mol. The highest BCUT2D eigenvalue weighted by Crippen LogP contribution is 2.28. The van der Waals surface area contributed by atoms with Gasteiger partial charge in [0, 0.05) is 25.9 Å². The van der Waals surface area contributed by atoms with Gasteiger partial charge in [0.15, 0.2) is 0 Å². The van der Waals surface area contributed by atoms with E-state index in [0.29, 0.717) is 25.9 Å². The Morgan fingerprint density at radius 3 is 2.34 bits per heavy atom. The van der Waals surface area contributed by atoms with Crippen LogP contribution in [-0.2, 0) is 23.7 Å². The molecular formula is C21H40O8. The summed E-state index contributed by atoms with van der Waals surface area (Å²) in [6.45, 7) is 11.4. The van der Waals surface area contributed by atoms with Crippen molar-refractivity contribution < 1.29 is 39.1 Å². The molecule has 172 valence electrons. The second-order valence-corrected chi connectivity index (χ2v) is 6.80. The lowest BCUT2D eigenvalue weighted by atomic mass is 9.93. The van der Waals surface area contributed by atoms with E-state index in [4.69, 9.17) is 19.3 Å². The molecule has 3 heterocycles. The van der Waals surface area contributed by atoms with Crippen LogP contribution < -0.4 is 0 Å². The first-order valence-corrected chi connectivity index (χ1v) is 10.5. The van der Waals surface area contributed by atoms with E-state index >= 15 is 0 Å². The molecule has 3 aliphatic rings. The highest BCUT2D eigenvalue weighted by molar-refractivity contribution is 5.68. The van der Waals surface area contributed by atoms with Crippen molar-refractivity contribution >= 4 is 5.97 Å². The fourth-order valence-corrected chi connectivity index (χ4v) is 2.92. The molecule has 8 heteroatoms. The second kappa shape index (κ2) is 16.7. The summed E-state index contributed by atoms with van der Waals surface area (Å²) in [5, 5.41) is 27.8. The summed E-state index contributed by atoms with van der Waals surface area (Å²) in [6.07, 6.45) is 1.76. The molecule has 3 saturated heterocycles. The summed E-state index contributed by atoms with van der Waals surface area (Å²) >= 11 is 0. The van der Waals surface area contributed by atoms with E-state index in [1.807, 2.05) is 13.8 Å². The lowest BCUT2D eigenvalue weighted by molar-refractivity contribution is -0.226. The van der Waals surface area contributed by atoms with E-state index in [-0.39, 0.29) is 24.8 Å². The van der Waals surface area contributed by atoms with Crippen molar-refractivity contribution in [1.29, 1.82) is 0 Å². The van der Waals surface area contributed by atoms with Crippen LogP contribution in [0.1, 0.15) is 52.9 Å². The molecular weight excluding hydrogens is 380 g/mol. The molecule has 0 spiro atoms. The van der Waals surface area contributed by atoms with Crippen LogP contribution in [0, 0.1) is 0 Å². The number of methoxy groups -OCH3 is 1. The van der Waals surface area contributed by atoms with Crippen LogP contribution in [0.2, 0.25) is 0 Å². The van der Waals surface area contributed by atoms with Gasteiger partial charge in [0.2, 0.25) is 0 Å². The first kappa shape index (κ1) is 28.0. The third-order valence-corrected chi connectivity index (χ3v) is 4.50. The second-order valence-electron chi connectivity index (χ2n) is 6.80. The molecule has 0 aliphatic carbocycles. The molecule has 5 atom stereocenters. The van der Waals surface area contributed by atoms with E-state index in [1.54, 1.807) is 6.92 Å². The fourth-order valence-electron chi connectivity index (χ4n) is 2.92. The lowest BCUT2D eigenvalue weighted by Gasteiger charge is -2.42. The van der Waals surface area contributed by atoms with Crippen LogP contribution in [0.4, 0.5) is 0 Å². The van der Waals surface area contributed by atoms with Gasteiger partial charge in [0.25, 0.3) is 0 Å². The van der Waals surface area contributed by atoms with Crippen molar-refractivity contribution in [2.24, 2.45) is 0 Å². The minimum atomic E-state index is -0.670. The van der Waals surface area contributed by atoms with Crippen molar-refractivity contribution in [2.45, 2.75) is 83.4 Å². The van der Waals surface area contributed by atoms with Gasteiger partial charge in [-0.15, -0.1) is 0 Å². The molecule has 3 rings (SSSR count). The number of aliphatic hydroxyl groups is 3. The molecule has 0 amide bonds. The van der Waals surface area contributed by atoms with Gasteiger partial charge in [-0.2, -0.15) is 0 Å². The number of hydrogen-bond acceptors (Lipinski definition) is 8. The van der Waals surface area contributed by atoms with Gasteiger partial charge in [-0.1, -0.05) is 32.9 Å². The van der Waals surface area contributed by atoms with E-state index < -0.39 is 18.3 Å². The van der Waals surface area contributed by atoms with Gasteiger partial charge in [-0.25, -0.2) is 0 Å². The molecule has 3 aliphatic heterocycles. The Morgan fingerprint density at radius 2 is 1.93 bits per heavy atom. The van der Waals surface area contributed by atoms with Crippen LogP contribution in [0.5, 0.6) is 0 Å². The molecule has 3 fully saturated rings. The molecule has 3 unspecified atom stereocenters. The molecule has 29 heavy (non-hydrogen) atoms. The number of aliphatic hydroxyl groups excluding tert-OH is 3. The predicted molar refractivity (Wildman–Crippen MR) is 110 cm³/mol. The Balaban J connectivity index is 0.000000440. The van der Waals surface area contributed by atoms with Crippen molar-refractivity contribution in [3.63, 3.8) is 0 Å². The van der Waals surface area contributed by atoms with Gasteiger partial charge in [-0.05, 0) is 12.8 Å². The molecule has 8 nitrogen and oxygen atoms in total. The van der Waals surface area contributed by atoms with Gasteiger partial charge < -0.3 is 34.3 Å². The topological polar surface area (TPSA) is 115 Å². The van der Waals surface area contributed by atoms with Gasteiger partial charge in [-0.3, -0.25) is 4.79 Å². The van der Waals surface area contributed by atoms with Crippen LogP contribution in [0.3, 0.4) is 0 Å². The molecule has 0 bridgehead atoms. The number of ether oxygens (including phenoxy) is 4. The van der Waals surface area contributed by atoms with Gasteiger partial charge >= 0.3 is 5.97 Å². The zero-order chi connectivity index (χ0) is 22.2. The molecule has 0 saturated carbocycles. The minimum Gasteiger partial charge on any atom is -0.469 e. The Kier molecular flexibility index (Phi) is 16.1. The minimum absolute atomic E-state index is 0.142. The Hall–Kier alpha value is -1.03. The quantitative estimate of drug-likeness (QED) is 0.456. The van der Waals surface area contributed by atoms with Crippen molar-refractivity contribution in [3.05, 3.63) is 12.2 Å². The average Bonchev–Trinajstić information content (AvgIpc) is 2.75. The highest BCUT2D eigenvalue weighted by atomic mass is 16.6. The third kappa shape index (κ3) is 11.7. The lowest BCUT2D eigenvalue weighted by Crippen LogP contribution is -2.53. The number of rotatable bonds is 2. The Bertz CT molecular complexity index is 428. The normalized spacial score (nSPS) is 30.7. The Labute approximate surface area is 174 Å². The maximum absolute atomic E-state index is 9.96. The number of fused-ring (bicyclic) bond motifs is 1. The fraction of sp³-hybridized carbons (Fsp3) is 0.857. The van der Waals surface area contributed by atoms with E-state index in [0.717, 1.165) is 13.2 Å². The Morgan fingerprint density at radius 1 is 1.24 bits per heavy atom. The molecule has 0 aromatic heterocycles. The van der Waals surface area contributed by atoms with Gasteiger partial charge in [0.05, 0.1) is 51.3 Å². The SMILES string of the molecule is C=C1CCCOC1.CC.CCC(=O)OC.OCC1O[C@H]2CC(O)CO[C@H]2CC1O. The molecule has 0 aromatic rings. The predicted octanol–water partition coefficient (Wildman–Crippen LogP) is 1.60. The number of hydrogen-bond donors (Lipinski definition) is 3. The molecule has 3 N–H and O–H groups in total. The first-order chi connectivity index (χ1) is 13.9. The maximum Gasteiger partial charge on any atom is 0.305 e. The molecule has 0 radical (unpaired) electrons. The number of carbonyl (C=O) groups is 1. The zero-order valence-corrected chi connectivity index (χ0v) is 18.3. The largest absolute Gasteiger partial charge is 0.469 e. The summed E-state index contributed by atoms with van der Waals surface area (Å²) in [5.74, 6) is -0.157. The summed E-state index contributed by atoms with van der Waals surface area (Å²) in [4.78, 5) is 9.96. The standard InChI is InChI=1S/C9H16O5.C6H10O.C4H8O2.C2H6/c10-3-9-6(12)2-7-8(14-9)1-5(11)4-13-7;1-6-3-2-4-7-5-6;1-3-4(5)6-2;1-2/h5-12H,1-4H2;1-5H2;3H2,1-2H3;1-2H3/t5?,6?,7-,8-,9?;;;/m0.../s1. The van der Waals surface area contributed by atoms with Crippen LogP contribution in [0.25, 0.3) is 0 Å². The first-order valence-electron chi connectivity index (χ1n) is 10.5. The van der Waals surface area contributed by atoms with Crippen LogP contribution >= 0.6 is 0 Å². The summed E-state index contributed by atoms with van der Waals surface area (Å²) < 4.78 is 20.1. The molecule has 0 aromatic carbocycles. The van der Waals surface area contributed by atoms with Gasteiger partial charge in [0.1, 0.15) is 6.10 Å². The number of esters is 1. The summed E-state index contributed by atoms with van der Waals surface area (Å²) in [6, 6.07) is 0. The maximum atomic E-state index is 9.96. The van der Waals surface area contributed by atoms with E-state index in [1.165, 1.54) is 25.5 Å². The third-order valence-electron chi connectivity index (χ3n) is 4.50. The van der Waals surface area contributed by atoms with Crippen LogP contribution in [0.15, 0.2) is 12.2 Å². The van der Waals surface area contributed by atoms with Crippen molar-refractivity contribution in [1.82, 2.24) is 0 Å². The summed E-state index contributed by atoms with van der Waals surface area (Å²) in [7, 11) is 1.38. The smallest absolute Gasteiger partial charge is 0.305 e. The van der Waals surface area contributed by atoms with Crippen LogP contribution in [-0.4, -0.2) is 85.3 Å². The highest BCUT2D eigenvalue weighted by Gasteiger charge is 2.40. The number of carbonyl (C=O) groups excluding carboxylic acids is 1. The summed E-state index contributed by atoms with van der Waals surface area (Å²) in [5.41, 5.74) is 1.24.